The van der Waals surface area contributed by atoms with Crippen LogP contribution in [0.4, 0.5) is 4.39 Å². The van der Waals surface area contributed by atoms with Crippen molar-refractivity contribution in [2.45, 2.75) is 17.3 Å². The second kappa shape index (κ2) is 6.20. The van der Waals surface area contributed by atoms with Gasteiger partial charge in [0, 0.05) is 23.2 Å². The lowest BCUT2D eigenvalue weighted by Crippen LogP contribution is -2.02. The van der Waals surface area contributed by atoms with Crippen LogP contribution in [0.2, 0.25) is 0 Å². The van der Waals surface area contributed by atoms with Gasteiger partial charge in [0.15, 0.2) is 0 Å². The molecule has 0 saturated heterocycles. The van der Waals surface area contributed by atoms with E-state index >= 15 is 0 Å². The quantitative estimate of drug-likeness (QED) is 0.591. The zero-order chi connectivity index (χ0) is 14.7. The van der Waals surface area contributed by atoms with Crippen LogP contribution in [-0.4, -0.2) is 9.97 Å². The van der Waals surface area contributed by atoms with Crippen molar-refractivity contribution in [2.75, 3.05) is 0 Å². The van der Waals surface area contributed by atoms with Gasteiger partial charge in [-0.25, -0.2) is 14.4 Å². The van der Waals surface area contributed by atoms with Crippen LogP contribution < -0.4 is 5.73 Å². The molecule has 0 aliphatic heterocycles. The third-order valence-electron chi connectivity index (χ3n) is 3.25. The number of halogens is 1. The lowest BCUT2D eigenvalue weighted by Gasteiger charge is -2.07. The number of rotatable bonds is 4. The van der Waals surface area contributed by atoms with Gasteiger partial charge < -0.3 is 5.73 Å². The van der Waals surface area contributed by atoms with Gasteiger partial charge >= 0.3 is 0 Å². The Balaban J connectivity index is 1.87. The molecule has 3 rings (SSSR count). The van der Waals surface area contributed by atoms with Gasteiger partial charge in [-0.1, -0.05) is 36.4 Å². The molecule has 0 amide bonds. The molecule has 21 heavy (non-hydrogen) atoms. The second-order valence-corrected chi connectivity index (χ2v) is 5.54. The summed E-state index contributed by atoms with van der Waals surface area (Å²) in [5.74, 6) is 0.298. The van der Waals surface area contributed by atoms with Crippen molar-refractivity contribution in [3.63, 3.8) is 0 Å². The zero-order valence-corrected chi connectivity index (χ0v) is 12.1. The van der Waals surface area contributed by atoms with E-state index in [1.165, 1.54) is 18.1 Å². The Labute approximate surface area is 126 Å². The Kier molecular flexibility index (Phi) is 4.13. The van der Waals surface area contributed by atoms with Gasteiger partial charge in [0.2, 0.25) is 0 Å². The highest BCUT2D eigenvalue weighted by Gasteiger charge is 2.09. The molecular weight excluding hydrogens is 285 g/mol. The topological polar surface area (TPSA) is 51.8 Å². The molecule has 0 atom stereocenters. The molecule has 0 aliphatic carbocycles. The summed E-state index contributed by atoms with van der Waals surface area (Å²) >= 11 is 1.50. The highest BCUT2D eigenvalue weighted by Crippen LogP contribution is 2.28. The predicted molar refractivity (Wildman–Crippen MR) is 83.4 cm³/mol. The van der Waals surface area contributed by atoms with Crippen molar-refractivity contribution in [1.29, 1.82) is 0 Å². The highest BCUT2D eigenvalue weighted by atomic mass is 32.2. The average Bonchev–Trinajstić information content (AvgIpc) is 2.54. The van der Waals surface area contributed by atoms with Crippen LogP contribution in [0.15, 0.2) is 53.8 Å². The van der Waals surface area contributed by atoms with Crippen molar-refractivity contribution in [1.82, 2.24) is 9.97 Å². The molecule has 1 aromatic heterocycles. The predicted octanol–water partition coefficient (Wildman–Crippen LogP) is 3.52. The molecule has 0 bridgehead atoms. The fraction of sp³-hybridized carbons (Fsp3) is 0.125. The van der Waals surface area contributed by atoms with Gasteiger partial charge in [-0.05, 0) is 11.6 Å². The number of hydrogen-bond donors (Lipinski definition) is 1. The van der Waals surface area contributed by atoms with Crippen molar-refractivity contribution in [3.05, 3.63) is 65.7 Å². The molecule has 0 aliphatic rings. The molecule has 0 spiro atoms. The Morgan fingerprint density at radius 3 is 2.67 bits per heavy atom. The number of nitrogens with zero attached hydrogens (tertiary/aromatic N) is 2. The fourth-order valence-corrected chi connectivity index (χ4v) is 3.11. The van der Waals surface area contributed by atoms with E-state index in [0.717, 1.165) is 15.9 Å². The molecule has 0 unspecified atom stereocenters. The summed E-state index contributed by atoms with van der Waals surface area (Å²) in [5.41, 5.74) is 7.61. The van der Waals surface area contributed by atoms with Crippen LogP contribution in [0.5, 0.6) is 0 Å². The van der Waals surface area contributed by atoms with Crippen LogP contribution in [0.1, 0.15) is 11.1 Å². The first kappa shape index (κ1) is 14.0. The van der Waals surface area contributed by atoms with Gasteiger partial charge in [0.25, 0.3) is 0 Å². The molecular formula is C16H14FN3S. The van der Waals surface area contributed by atoms with E-state index in [0.29, 0.717) is 16.9 Å². The molecule has 3 nitrogen and oxygen atoms in total. The van der Waals surface area contributed by atoms with Crippen LogP contribution in [0, 0.1) is 5.82 Å². The minimum Gasteiger partial charge on any atom is -0.326 e. The lowest BCUT2D eigenvalue weighted by atomic mass is 10.1. The maximum Gasteiger partial charge on any atom is 0.131 e. The zero-order valence-electron chi connectivity index (χ0n) is 11.3. The first-order valence-electron chi connectivity index (χ1n) is 6.58. The minimum absolute atomic E-state index is 0.209. The van der Waals surface area contributed by atoms with E-state index in [1.54, 1.807) is 12.1 Å². The number of benzene rings is 2. The van der Waals surface area contributed by atoms with E-state index in [-0.39, 0.29) is 12.4 Å². The SMILES string of the molecule is NCc1cccc(CSc2ncnc3ccccc23)c1F. The van der Waals surface area contributed by atoms with Crippen LogP contribution in [0.25, 0.3) is 10.9 Å². The van der Waals surface area contributed by atoms with Crippen molar-refractivity contribution in [2.24, 2.45) is 5.73 Å². The lowest BCUT2D eigenvalue weighted by molar-refractivity contribution is 0.600. The standard InChI is InChI=1S/C16H14FN3S/c17-15-11(8-18)4-3-5-12(15)9-21-16-13-6-1-2-7-14(13)19-10-20-16/h1-7,10H,8-9,18H2. The molecule has 2 N–H and O–H groups in total. The molecule has 106 valence electrons. The molecule has 2 aromatic carbocycles. The van der Waals surface area contributed by atoms with Crippen molar-refractivity contribution in [3.8, 4) is 0 Å². The Bertz CT molecular complexity index is 771. The van der Waals surface area contributed by atoms with E-state index in [9.17, 15) is 4.39 Å². The average molecular weight is 299 g/mol. The number of nitrogens with two attached hydrogens (primary N) is 1. The highest BCUT2D eigenvalue weighted by molar-refractivity contribution is 7.98. The second-order valence-electron chi connectivity index (χ2n) is 4.58. The summed E-state index contributed by atoms with van der Waals surface area (Å²) in [7, 11) is 0. The van der Waals surface area contributed by atoms with Crippen molar-refractivity contribution < 1.29 is 4.39 Å². The fourth-order valence-electron chi connectivity index (χ4n) is 2.14. The molecule has 3 aromatic rings. The van der Waals surface area contributed by atoms with Crippen LogP contribution in [-0.2, 0) is 12.3 Å². The number of aromatic nitrogens is 2. The molecule has 0 radical (unpaired) electrons. The van der Waals surface area contributed by atoms with Gasteiger partial charge in [-0.15, -0.1) is 11.8 Å². The monoisotopic (exact) mass is 299 g/mol. The third kappa shape index (κ3) is 2.89. The number of fused-ring (bicyclic) bond motifs is 1. The van der Waals surface area contributed by atoms with Gasteiger partial charge in [0.05, 0.1) is 5.52 Å². The number of thioether (sulfide) groups is 1. The number of para-hydroxylation sites is 1. The first-order chi connectivity index (χ1) is 10.3. The third-order valence-corrected chi connectivity index (χ3v) is 4.30. The van der Waals surface area contributed by atoms with E-state index in [2.05, 4.69) is 9.97 Å². The first-order valence-corrected chi connectivity index (χ1v) is 7.57. The summed E-state index contributed by atoms with van der Waals surface area (Å²) in [6.45, 7) is 0.209. The van der Waals surface area contributed by atoms with E-state index in [4.69, 9.17) is 5.73 Å². The van der Waals surface area contributed by atoms with Gasteiger partial charge in [0.1, 0.15) is 17.2 Å². The van der Waals surface area contributed by atoms with E-state index in [1.807, 2.05) is 30.3 Å². The minimum atomic E-state index is -0.217. The Morgan fingerprint density at radius 1 is 1.00 bits per heavy atom. The van der Waals surface area contributed by atoms with Gasteiger partial charge in [-0.2, -0.15) is 0 Å². The maximum absolute atomic E-state index is 14.2. The van der Waals surface area contributed by atoms with Crippen LogP contribution >= 0.6 is 11.8 Å². The summed E-state index contributed by atoms with van der Waals surface area (Å²) in [5, 5.41) is 1.85. The molecule has 1 heterocycles. The molecule has 5 heteroatoms. The van der Waals surface area contributed by atoms with Crippen LogP contribution in [0.3, 0.4) is 0 Å². The maximum atomic E-state index is 14.2. The smallest absolute Gasteiger partial charge is 0.131 e. The summed E-state index contributed by atoms with van der Waals surface area (Å²) < 4.78 is 14.2. The summed E-state index contributed by atoms with van der Waals surface area (Å²) in [4.78, 5) is 8.53. The number of hydrogen-bond acceptors (Lipinski definition) is 4. The summed E-state index contributed by atoms with van der Waals surface area (Å²) in [6, 6.07) is 13.1. The molecule has 0 saturated carbocycles. The Hall–Kier alpha value is -1.98. The Morgan fingerprint density at radius 2 is 1.81 bits per heavy atom. The largest absolute Gasteiger partial charge is 0.326 e. The summed E-state index contributed by atoms with van der Waals surface area (Å²) in [6.07, 6.45) is 1.54. The van der Waals surface area contributed by atoms with Crippen molar-refractivity contribution >= 4 is 22.7 Å². The van der Waals surface area contributed by atoms with E-state index < -0.39 is 0 Å². The molecule has 0 fully saturated rings. The normalized spacial score (nSPS) is 11.0. The van der Waals surface area contributed by atoms with Gasteiger partial charge in [-0.3, -0.25) is 0 Å².